The van der Waals surface area contributed by atoms with Gasteiger partial charge in [-0.2, -0.15) is 0 Å². The SMILES string of the molecule is CCc1ccc(OCC(COc2ccc(CO)cc2)(COc2ccc(CO)cc2)COc2ccc(CO)cc2)cc1. The number of hydrogen-bond donors (Lipinski definition) is 3. The van der Waals surface area contributed by atoms with Gasteiger partial charge in [0.15, 0.2) is 0 Å². The summed E-state index contributed by atoms with van der Waals surface area (Å²) in [6, 6.07) is 29.9. The third-order valence-electron chi connectivity index (χ3n) is 6.83. The van der Waals surface area contributed by atoms with Crippen LogP contribution in [0.25, 0.3) is 0 Å². The molecule has 0 aliphatic heterocycles. The van der Waals surface area contributed by atoms with E-state index in [-0.39, 0.29) is 46.2 Å². The fourth-order valence-electron chi connectivity index (χ4n) is 4.09. The highest BCUT2D eigenvalue weighted by Crippen LogP contribution is 2.27. The van der Waals surface area contributed by atoms with E-state index < -0.39 is 5.41 Å². The van der Waals surface area contributed by atoms with Gasteiger partial charge >= 0.3 is 0 Å². The zero-order valence-electron chi connectivity index (χ0n) is 23.4. The molecular weight excluding hydrogens is 520 g/mol. The molecule has 0 fully saturated rings. The van der Waals surface area contributed by atoms with Crippen molar-refractivity contribution in [2.45, 2.75) is 33.2 Å². The summed E-state index contributed by atoms with van der Waals surface area (Å²) < 4.78 is 25.1. The van der Waals surface area contributed by atoms with Gasteiger partial charge in [0.05, 0.1) is 19.8 Å². The van der Waals surface area contributed by atoms with E-state index in [4.69, 9.17) is 18.9 Å². The van der Waals surface area contributed by atoms with Crippen LogP contribution in [-0.2, 0) is 26.2 Å². The number of hydrogen-bond acceptors (Lipinski definition) is 7. The van der Waals surface area contributed by atoms with Gasteiger partial charge in [-0.05, 0) is 77.2 Å². The number of aliphatic hydroxyl groups excluding tert-OH is 3. The maximum atomic E-state index is 9.40. The molecule has 41 heavy (non-hydrogen) atoms. The molecule has 0 aliphatic rings. The molecule has 0 atom stereocenters. The van der Waals surface area contributed by atoms with Crippen LogP contribution in [-0.4, -0.2) is 41.7 Å². The lowest BCUT2D eigenvalue weighted by molar-refractivity contribution is -0.00354. The van der Waals surface area contributed by atoms with Gasteiger partial charge in [-0.1, -0.05) is 55.5 Å². The zero-order chi connectivity index (χ0) is 28.9. The molecule has 0 radical (unpaired) electrons. The summed E-state index contributed by atoms with van der Waals surface area (Å²) in [6.45, 7) is 2.91. The smallest absolute Gasteiger partial charge is 0.119 e. The molecular formula is C34H38O7. The van der Waals surface area contributed by atoms with E-state index in [2.05, 4.69) is 19.1 Å². The van der Waals surface area contributed by atoms with Crippen LogP contribution in [0.15, 0.2) is 97.1 Å². The number of ether oxygens (including phenoxy) is 4. The Kier molecular flexibility index (Phi) is 11.0. The summed E-state index contributed by atoms with van der Waals surface area (Å²) in [7, 11) is 0. The molecule has 0 spiro atoms. The number of rotatable bonds is 16. The lowest BCUT2D eigenvalue weighted by Crippen LogP contribution is -2.45. The average molecular weight is 559 g/mol. The summed E-state index contributed by atoms with van der Waals surface area (Å²) in [6.07, 6.45) is 0.943. The third-order valence-corrected chi connectivity index (χ3v) is 6.83. The van der Waals surface area contributed by atoms with Gasteiger partial charge in [0, 0.05) is 0 Å². The topological polar surface area (TPSA) is 97.6 Å². The van der Waals surface area contributed by atoms with Crippen LogP contribution in [0, 0.1) is 5.41 Å². The van der Waals surface area contributed by atoms with Crippen LogP contribution in [0.5, 0.6) is 23.0 Å². The molecule has 4 rings (SSSR count). The predicted molar refractivity (Wildman–Crippen MR) is 157 cm³/mol. The van der Waals surface area contributed by atoms with Crippen molar-refractivity contribution >= 4 is 0 Å². The van der Waals surface area contributed by atoms with E-state index in [1.807, 2.05) is 84.9 Å². The van der Waals surface area contributed by atoms with E-state index in [0.29, 0.717) is 17.2 Å². The molecule has 0 saturated heterocycles. The molecule has 0 saturated carbocycles. The Hall–Kier alpha value is -4.04. The van der Waals surface area contributed by atoms with Gasteiger partial charge in [-0.25, -0.2) is 0 Å². The summed E-state index contributed by atoms with van der Waals surface area (Å²) in [5.74, 6) is 2.69. The first-order valence-corrected chi connectivity index (χ1v) is 13.7. The minimum absolute atomic E-state index is 0.0410. The lowest BCUT2D eigenvalue weighted by atomic mass is 9.92. The van der Waals surface area contributed by atoms with Crippen molar-refractivity contribution in [1.29, 1.82) is 0 Å². The minimum Gasteiger partial charge on any atom is -0.493 e. The second kappa shape index (κ2) is 15.1. The quantitative estimate of drug-likeness (QED) is 0.171. The van der Waals surface area contributed by atoms with E-state index in [1.54, 1.807) is 0 Å². The maximum absolute atomic E-state index is 9.40. The molecule has 0 bridgehead atoms. The Morgan fingerprint density at radius 3 is 0.878 bits per heavy atom. The Bertz CT molecular complexity index is 1090. The normalized spacial score (nSPS) is 11.2. The van der Waals surface area contributed by atoms with Crippen LogP contribution in [0.2, 0.25) is 0 Å². The highest BCUT2D eigenvalue weighted by atomic mass is 16.5. The standard InChI is InChI=1S/C34H38O7/c1-2-26-3-11-30(12-4-26)38-22-34(23-39-31-13-5-27(19-35)6-14-31,24-40-32-15-7-28(20-36)8-16-32)25-41-33-17-9-29(21-37)10-18-33/h3-18,35-37H,2,19-25H2,1H3. The van der Waals surface area contributed by atoms with Gasteiger partial charge in [0.25, 0.3) is 0 Å². The molecule has 4 aromatic rings. The molecule has 0 heterocycles. The second-order valence-electron chi connectivity index (χ2n) is 10.1. The van der Waals surface area contributed by atoms with Crippen LogP contribution in [0.4, 0.5) is 0 Å². The first-order valence-electron chi connectivity index (χ1n) is 13.7. The van der Waals surface area contributed by atoms with E-state index in [9.17, 15) is 15.3 Å². The van der Waals surface area contributed by atoms with Crippen LogP contribution in [0.1, 0.15) is 29.2 Å². The van der Waals surface area contributed by atoms with Crippen molar-refractivity contribution in [1.82, 2.24) is 0 Å². The summed E-state index contributed by atoms with van der Waals surface area (Å²) in [5, 5.41) is 28.2. The summed E-state index contributed by atoms with van der Waals surface area (Å²) in [4.78, 5) is 0. The first kappa shape index (κ1) is 29.9. The average Bonchev–Trinajstić information content (AvgIpc) is 3.05. The van der Waals surface area contributed by atoms with E-state index >= 15 is 0 Å². The van der Waals surface area contributed by atoms with E-state index in [0.717, 1.165) is 28.9 Å². The first-order chi connectivity index (χ1) is 20.0. The van der Waals surface area contributed by atoms with Crippen molar-refractivity contribution in [3.05, 3.63) is 119 Å². The third kappa shape index (κ3) is 8.98. The van der Waals surface area contributed by atoms with Crippen molar-refractivity contribution in [3.8, 4) is 23.0 Å². The number of aryl methyl sites for hydroxylation is 1. The Morgan fingerprint density at radius 1 is 0.415 bits per heavy atom. The maximum Gasteiger partial charge on any atom is 0.119 e. The lowest BCUT2D eigenvalue weighted by Gasteiger charge is -2.33. The summed E-state index contributed by atoms with van der Waals surface area (Å²) >= 11 is 0. The molecule has 0 amide bonds. The minimum atomic E-state index is -0.746. The Morgan fingerprint density at radius 2 is 0.659 bits per heavy atom. The van der Waals surface area contributed by atoms with Crippen LogP contribution < -0.4 is 18.9 Å². The van der Waals surface area contributed by atoms with Gasteiger partial charge in [0.1, 0.15) is 54.8 Å². The number of aliphatic hydroxyl groups is 3. The molecule has 216 valence electrons. The molecule has 7 heteroatoms. The highest BCUT2D eigenvalue weighted by Gasteiger charge is 2.36. The van der Waals surface area contributed by atoms with Gasteiger partial charge in [0.2, 0.25) is 0 Å². The van der Waals surface area contributed by atoms with Gasteiger partial charge in [-0.15, -0.1) is 0 Å². The fourth-order valence-corrected chi connectivity index (χ4v) is 4.09. The second-order valence-corrected chi connectivity index (χ2v) is 10.1. The monoisotopic (exact) mass is 558 g/mol. The molecule has 3 N–H and O–H groups in total. The van der Waals surface area contributed by atoms with Crippen molar-refractivity contribution in [2.75, 3.05) is 26.4 Å². The largest absolute Gasteiger partial charge is 0.493 e. The fraction of sp³-hybridized carbons (Fsp3) is 0.294. The predicted octanol–water partition coefficient (Wildman–Crippen LogP) is 5.33. The Labute approximate surface area is 241 Å². The van der Waals surface area contributed by atoms with E-state index in [1.165, 1.54) is 5.56 Å². The van der Waals surface area contributed by atoms with Gasteiger partial charge in [-0.3, -0.25) is 0 Å². The van der Waals surface area contributed by atoms with Crippen molar-refractivity contribution < 1.29 is 34.3 Å². The van der Waals surface area contributed by atoms with Crippen LogP contribution >= 0.6 is 0 Å². The molecule has 0 unspecified atom stereocenters. The highest BCUT2D eigenvalue weighted by molar-refractivity contribution is 5.30. The molecule has 0 aliphatic carbocycles. The summed E-state index contributed by atoms with van der Waals surface area (Å²) in [5.41, 5.74) is 2.87. The van der Waals surface area contributed by atoms with Crippen molar-refractivity contribution in [3.63, 3.8) is 0 Å². The molecule has 4 aromatic carbocycles. The van der Waals surface area contributed by atoms with Crippen molar-refractivity contribution in [2.24, 2.45) is 5.41 Å². The van der Waals surface area contributed by atoms with Crippen LogP contribution in [0.3, 0.4) is 0 Å². The van der Waals surface area contributed by atoms with Gasteiger partial charge < -0.3 is 34.3 Å². The number of benzene rings is 4. The molecule has 0 aromatic heterocycles. The zero-order valence-corrected chi connectivity index (χ0v) is 23.4. The Balaban J connectivity index is 1.58. The molecule has 7 nitrogen and oxygen atoms in total.